The number of nitrogens with one attached hydrogen (secondary N) is 2. The van der Waals surface area contributed by atoms with Crippen molar-refractivity contribution < 1.29 is 33.9 Å². The second-order valence-corrected chi connectivity index (χ2v) is 6.15. The van der Waals surface area contributed by atoms with Crippen LogP contribution in [0.15, 0.2) is 18.2 Å². The molecule has 10 nitrogen and oxygen atoms in total. The number of carboxylic acid groups (broad SMARTS) is 1. The molecule has 3 N–H and O–H groups in total. The Hall–Kier alpha value is -3.56. The van der Waals surface area contributed by atoms with Gasteiger partial charge in [-0.15, -0.1) is 0 Å². The third-order valence-corrected chi connectivity index (χ3v) is 4.29. The highest BCUT2D eigenvalue weighted by molar-refractivity contribution is 6.23. The zero-order valence-electron chi connectivity index (χ0n) is 14.0. The highest BCUT2D eigenvalue weighted by atomic mass is 16.4. The van der Waals surface area contributed by atoms with E-state index in [0.29, 0.717) is 0 Å². The van der Waals surface area contributed by atoms with Gasteiger partial charge in [0.2, 0.25) is 17.7 Å². The van der Waals surface area contributed by atoms with Crippen LogP contribution in [0.2, 0.25) is 0 Å². The first-order chi connectivity index (χ1) is 12.8. The first-order valence-corrected chi connectivity index (χ1v) is 8.15. The summed E-state index contributed by atoms with van der Waals surface area (Å²) >= 11 is 0. The number of piperidine rings is 1. The average Bonchev–Trinajstić information content (AvgIpc) is 2.84. The molecule has 0 aromatic heterocycles. The van der Waals surface area contributed by atoms with Crippen molar-refractivity contribution in [3.8, 4) is 0 Å². The Morgan fingerprint density at radius 2 is 1.81 bits per heavy atom. The van der Waals surface area contributed by atoms with Gasteiger partial charge < -0.3 is 10.4 Å². The number of amides is 5. The zero-order valence-corrected chi connectivity index (χ0v) is 14.0. The van der Waals surface area contributed by atoms with Crippen LogP contribution in [0.1, 0.15) is 46.4 Å². The predicted octanol–water partition coefficient (Wildman–Crippen LogP) is -0.109. The van der Waals surface area contributed by atoms with E-state index in [2.05, 4.69) is 10.6 Å². The molecule has 1 aromatic rings. The van der Waals surface area contributed by atoms with Crippen LogP contribution >= 0.6 is 0 Å². The summed E-state index contributed by atoms with van der Waals surface area (Å²) in [6.45, 7) is 0. The monoisotopic (exact) mass is 373 g/mol. The number of anilines is 1. The lowest BCUT2D eigenvalue weighted by Crippen LogP contribution is -2.54. The van der Waals surface area contributed by atoms with E-state index in [0.717, 1.165) is 4.90 Å². The SMILES string of the molecule is O=C(O)CCC(=O)Nc1ccc2c(c1)C(=O)N(C1CCC(=O)NC1=O)C2=O. The highest BCUT2D eigenvalue weighted by Crippen LogP contribution is 2.29. The summed E-state index contributed by atoms with van der Waals surface area (Å²) in [4.78, 5) is 71.5. The summed E-state index contributed by atoms with van der Waals surface area (Å²) in [5, 5.41) is 13.2. The first kappa shape index (κ1) is 18.2. The van der Waals surface area contributed by atoms with Crippen LogP contribution in [0.5, 0.6) is 0 Å². The number of carbonyl (C=O) groups excluding carboxylic acids is 5. The van der Waals surface area contributed by atoms with E-state index in [4.69, 9.17) is 5.11 Å². The lowest BCUT2D eigenvalue weighted by molar-refractivity contribution is -0.138. The molecule has 140 valence electrons. The molecule has 10 heteroatoms. The number of hydrogen-bond acceptors (Lipinski definition) is 6. The van der Waals surface area contributed by atoms with Crippen molar-refractivity contribution >= 4 is 41.2 Å². The van der Waals surface area contributed by atoms with Crippen LogP contribution in [0.3, 0.4) is 0 Å². The Morgan fingerprint density at radius 3 is 2.48 bits per heavy atom. The summed E-state index contributed by atoms with van der Waals surface area (Å²) in [7, 11) is 0. The molecule has 2 aliphatic rings. The molecule has 0 saturated carbocycles. The number of carboxylic acids is 1. The third-order valence-electron chi connectivity index (χ3n) is 4.29. The minimum Gasteiger partial charge on any atom is -0.481 e. The van der Waals surface area contributed by atoms with Crippen molar-refractivity contribution in [2.75, 3.05) is 5.32 Å². The fraction of sp³-hybridized carbons (Fsp3) is 0.294. The number of aliphatic carboxylic acids is 1. The molecule has 0 radical (unpaired) electrons. The first-order valence-electron chi connectivity index (χ1n) is 8.15. The molecule has 3 rings (SSSR count). The van der Waals surface area contributed by atoms with Crippen LogP contribution in [-0.2, 0) is 19.2 Å². The van der Waals surface area contributed by atoms with E-state index >= 15 is 0 Å². The number of benzene rings is 1. The standard InChI is InChI=1S/C17H15N3O7/c21-12(5-6-14(23)24)18-8-1-2-9-10(7-8)17(27)20(16(9)26)11-3-4-13(22)19-15(11)25/h1-2,7,11H,3-6H2,(H,18,21)(H,23,24)(H,19,22,25). The van der Waals surface area contributed by atoms with E-state index < -0.39 is 41.5 Å². The summed E-state index contributed by atoms with van der Waals surface area (Å²) in [5.41, 5.74) is 0.351. The van der Waals surface area contributed by atoms with E-state index in [1.807, 2.05) is 0 Å². The fourth-order valence-electron chi connectivity index (χ4n) is 2.99. The Labute approximate surface area is 152 Å². The van der Waals surface area contributed by atoms with Gasteiger partial charge in [-0.05, 0) is 24.6 Å². The van der Waals surface area contributed by atoms with Crippen LogP contribution in [0, 0.1) is 0 Å². The summed E-state index contributed by atoms with van der Waals surface area (Å²) in [6, 6.07) is 3.01. The minimum atomic E-state index is -1.11. The zero-order chi connectivity index (χ0) is 19.7. The van der Waals surface area contributed by atoms with Crippen molar-refractivity contribution in [1.29, 1.82) is 0 Å². The lowest BCUT2D eigenvalue weighted by atomic mass is 10.0. The molecule has 0 spiro atoms. The molecule has 1 atom stereocenters. The van der Waals surface area contributed by atoms with Gasteiger partial charge in [0.25, 0.3) is 11.8 Å². The maximum Gasteiger partial charge on any atom is 0.303 e. The van der Waals surface area contributed by atoms with Crippen molar-refractivity contribution in [1.82, 2.24) is 10.2 Å². The second kappa shape index (κ2) is 6.98. The third kappa shape index (κ3) is 3.54. The maximum absolute atomic E-state index is 12.6. The van der Waals surface area contributed by atoms with Crippen molar-refractivity contribution in [2.45, 2.75) is 31.7 Å². The van der Waals surface area contributed by atoms with Crippen LogP contribution in [0.4, 0.5) is 5.69 Å². The molecule has 0 aliphatic carbocycles. The van der Waals surface area contributed by atoms with E-state index in [-0.39, 0.29) is 42.5 Å². The molecule has 2 aliphatic heterocycles. The van der Waals surface area contributed by atoms with E-state index in [9.17, 15) is 28.8 Å². The number of imide groups is 2. The summed E-state index contributed by atoms with van der Waals surface area (Å²) in [5.74, 6) is -4.16. The fourth-order valence-corrected chi connectivity index (χ4v) is 2.99. The largest absolute Gasteiger partial charge is 0.481 e. The normalized spacial score (nSPS) is 19.0. The van der Waals surface area contributed by atoms with Gasteiger partial charge >= 0.3 is 5.97 Å². The average molecular weight is 373 g/mol. The molecule has 1 fully saturated rings. The number of carbonyl (C=O) groups is 6. The van der Waals surface area contributed by atoms with Gasteiger partial charge in [-0.2, -0.15) is 0 Å². The molecule has 1 aromatic carbocycles. The summed E-state index contributed by atoms with van der Waals surface area (Å²) in [6.07, 6.45) is -0.497. The Kier molecular flexibility index (Phi) is 4.72. The van der Waals surface area contributed by atoms with Gasteiger partial charge in [0.15, 0.2) is 0 Å². The smallest absolute Gasteiger partial charge is 0.303 e. The van der Waals surface area contributed by atoms with Gasteiger partial charge in [0.05, 0.1) is 17.5 Å². The molecular weight excluding hydrogens is 358 g/mol. The molecule has 1 unspecified atom stereocenters. The number of hydrogen-bond donors (Lipinski definition) is 3. The Balaban J connectivity index is 1.78. The summed E-state index contributed by atoms with van der Waals surface area (Å²) < 4.78 is 0. The highest BCUT2D eigenvalue weighted by Gasteiger charge is 2.44. The molecule has 2 heterocycles. The lowest BCUT2D eigenvalue weighted by Gasteiger charge is -2.27. The van der Waals surface area contributed by atoms with Crippen molar-refractivity contribution in [3.63, 3.8) is 0 Å². The van der Waals surface area contributed by atoms with Crippen LogP contribution < -0.4 is 10.6 Å². The number of fused-ring (bicyclic) bond motifs is 1. The second-order valence-electron chi connectivity index (χ2n) is 6.15. The minimum absolute atomic E-state index is 0.0225. The van der Waals surface area contributed by atoms with Gasteiger partial charge in [-0.1, -0.05) is 0 Å². The number of nitrogens with zero attached hydrogens (tertiary/aromatic N) is 1. The van der Waals surface area contributed by atoms with Gasteiger partial charge in [0, 0.05) is 18.5 Å². The Bertz CT molecular complexity index is 893. The number of rotatable bonds is 5. The molecule has 1 saturated heterocycles. The van der Waals surface area contributed by atoms with Gasteiger partial charge in [-0.25, -0.2) is 0 Å². The van der Waals surface area contributed by atoms with E-state index in [1.165, 1.54) is 18.2 Å². The van der Waals surface area contributed by atoms with Crippen molar-refractivity contribution in [3.05, 3.63) is 29.3 Å². The predicted molar refractivity (Wildman–Crippen MR) is 88.6 cm³/mol. The van der Waals surface area contributed by atoms with Crippen molar-refractivity contribution in [2.24, 2.45) is 0 Å². The molecule has 27 heavy (non-hydrogen) atoms. The van der Waals surface area contributed by atoms with Gasteiger partial charge in [0.1, 0.15) is 6.04 Å². The van der Waals surface area contributed by atoms with E-state index in [1.54, 1.807) is 0 Å². The Morgan fingerprint density at radius 1 is 1.11 bits per heavy atom. The molecular formula is C17H15N3O7. The van der Waals surface area contributed by atoms with Crippen LogP contribution in [-0.4, -0.2) is 51.6 Å². The van der Waals surface area contributed by atoms with Crippen LogP contribution in [0.25, 0.3) is 0 Å². The molecule has 0 bridgehead atoms. The maximum atomic E-state index is 12.6. The van der Waals surface area contributed by atoms with Gasteiger partial charge in [-0.3, -0.25) is 39.0 Å². The topological polar surface area (TPSA) is 150 Å². The quantitative estimate of drug-likeness (QED) is 0.609. The molecule has 5 amide bonds.